The molecule has 0 aliphatic rings. The quantitative estimate of drug-likeness (QED) is 0.162. The zero-order valence-corrected chi connectivity index (χ0v) is 29.1. The van der Waals surface area contributed by atoms with E-state index in [0.29, 0.717) is 13.1 Å². The molecule has 2 N–H and O–H groups in total. The van der Waals surface area contributed by atoms with Crippen LogP contribution < -0.4 is 0 Å². The summed E-state index contributed by atoms with van der Waals surface area (Å²) in [5, 5.41) is 28.7. The van der Waals surface area contributed by atoms with Crippen LogP contribution >= 0.6 is 0 Å². The minimum atomic E-state index is 0.274. The number of hydrogen-bond acceptors (Lipinski definition) is 4. The Labute approximate surface area is 292 Å². The summed E-state index contributed by atoms with van der Waals surface area (Å²) in [6.45, 7) is 6.80. The van der Waals surface area contributed by atoms with Gasteiger partial charge in [0.2, 0.25) is 0 Å². The second kappa shape index (κ2) is 12.7. The Morgan fingerprint density at radius 3 is 1.16 bits per heavy atom. The van der Waals surface area contributed by atoms with Crippen molar-refractivity contribution in [1.29, 1.82) is 0 Å². The van der Waals surface area contributed by atoms with E-state index in [9.17, 15) is 10.2 Å². The Balaban J connectivity index is 1.22. The largest absolute Gasteiger partial charge is 0.505 e. The van der Waals surface area contributed by atoms with E-state index in [-0.39, 0.29) is 11.5 Å². The van der Waals surface area contributed by atoms with Crippen LogP contribution in [0.1, 0.15) is 22.3 Å². The summed E-state index contributed by atoms with van der Waals surface area (Å²) in [6, 6.07) is 41.9. The van der Waals surface area contributed by atoms with Crippen molar-refractivity contribution in [3.05, 3.63) is 144 Å². The Kier molecular flexibility index (Phi) is 8.06. The van der Waals surface area contributed by atoms with Crippen LogP contribution in [0.3, 0.4) is 0 Å². The summed E-state index contributed by atoms with van der Waals surface area (Å²) in [4.78, 5) is 4.50. The highest BCUT2D eigenvalue weighted by molar-refractivity contribution is 6.10. The maximum atomic E-state index is 12.1. The molecule has 0 saturated carbocycles. The number of para-hydroxylation sites is 4. The number of benzene rings is 6. The molecule has 0 saturated heterocycles. The number of phenolic OH excluding ortho intramolecular Hbond substituents is 2. The highest BCUT2D eigenvalue weighted by atomic mass is 16.3. The molecule has 2 aromatic heterocycles. The summed E-state index contributed by atoms with van der Waals surface area (Å²) in [6.07, 6.45) is 0. The van der Waals surface area contributed by atoms with Gasteiger partial charge in [-0.15, -0.1) is 0 Å². The van der Waals surface area contributed by atoms with E-state index in [1.807, 2.05) is 0 Å². The van der Waals surface area contributed by atoms with Crippen LogP contribution in [0.5, 0.6) is 11.5 Å². The van der Waals surface area contributed by atoms with Crippen LogP contribution in [0, 0.1) is 13.8 Å². The van der Waals surface area contributed by atoms with Gasteiger partial charge in [0.05, 0.1) is 33.4 Å². The second-order valence-corrected chi connectivity index (χ2v) is 13.8. The topological polar surface area (TPSA) is 56.8 Å². The van der Waals surface area contributed by atoms with Crippen molar-refractivity contribution in [2.24, 2.45) is 0 Å². The molecule has 8 rings (SSSR count). The molecule has 0 fully saturated rings. The molecule has 0 unspecified atom stereocenters. The fourth-order valence-corrected chi connectivity index (χ4v) is 7.65. The van der Waals surface area contributed by atoms with E-state index < -0.39 is 0 Å². The maximum Gasteiger partial charge on any atom is 0.144 e. The summed E-state index contributed by atoms with van der Waals surface area (Å²) in [5.74, 6) is 0.549. The van der Waals surface area contributed by atoms with Gasteiger partial charge in [0.1, 0.15) is 11.5 Å². The SMILES string of the molecule is Cc1cc(CN(CCN(C)C)Cc2cc(C)cc(-n3c4ccccc4c4ccccc43)c2O)c(O)c(-n2c3ccccc3c3ccccc32)c1. The first-order chi connectivity index (χ1) is 24.3. The fourth-order valence-electron chi connectivity index (χ4n) is 7.65. The standard InChI is InChI=1S/C44H42N4O2/c1-29-23-31(43(49)41(25-29)47-37-17-9-5-13-33(37)34-14-6-10-18-38(34)47)27-46(22-21-45(3)4)28-32-24-30(2)26-42(44(32)50)48-39-19-11-7-15-35(39)36-16-8-12-20-40(36)48/h5-20,23-26,49-50H,21-22,27-28H2,1-4H3. The lowest BCUT2D eigenvalue weighted by molar-refractivity contribution is 0.221. The number of aromatic hydroxyl groups is 2. The van der Waals surface area contributed by atoms with Crippen molar-refractivity contribution >= 4 is 43.6 Å². The van der Waals surface area contributed by atoms with Gasteiger partial charge in [-0.1, -0.05) is 84.9 Å². The molecule has 0 amide bonds. The van der Waals surface area contributed by atoms with Gasteiger partial charge in [0.15, 0.2) is 0 Å². The number of likely N-dealkylation sites (N-methyl/N-ethyl adjacent to an activating group) is 1. The molecule has 0 spiro atoms. The maximum absolute atomic E-state index is 12.1. The van der Waals surface area contributed by atoms with Crippen molar-refractivity contribution in [2.75, 3.05) is 27.2 Å². The fraction of sp³-hybridized carbons (Fsp3) is 0.182. The lowest BCUT2D eigenvalue weighted by Crippen LogP contribution is -2.31. The van der Waals surface area contributed by atoms with Crippen LogP contribution in [0.2, 0.25) is 0 Å². The molecule has 2 heterocycles. The predicted molar refractivity (Wildman–Crippen MR) is 207 cm³/mol. The van der Waals surface area contributed by atoms with E-state index in [1.54, 1.807) is 0 Å². The Morgan fingerprint density at radius 1 is 0.480 bits per heavy atom. The summed E-state index contributed by atoms with van der Waals surface area (Å²) < 4.78 is 4.37. The summed E-state index contributed by atoms with van der Waals surface area (Å²) in [7, 11) is 4.15. The molecule has 6 aromatic carbocycles. The molecule has 250 valence electrons. The van der Waals surface area contributed by atoms with E-state index >= 15 is 0 Å². The molecule has 0 aliphatic heterocycles. The number of hydrogen-bond donors (Lipinski definition) is 2. The average molecular weight is 659 g/mol. The van der Waals surface area contributed by atoms with Gasteiger partial charge in [-0.2, -0.15) is 0 Å². The normalized spacial score (nSPS) is 12.0. The lowest BCUT2D eigenvalue weighted by atomic mass is 10.0. The number of fused-ring (bicyclic) bond motifs is 6. The molecule has 0 atom stereocenters. The van der Waals surface area contributed by atoms with Crippen molar-refractivity contribution in [3.63, 3.8) is 0 Å². The molecule has 0 radical (unpaired) electrons. The van der Waals surface area contributed by atoms with Crippen LogP contribution in [0.15, 0.2) is 121 Å². The smallest absolute Gasteiger partial charge is 0.144 e. The number of nitrogens with zero attached hydrogens (tertiary/aromatic N) is 4. The third-order valence-corrected chi connectivity index (χ3v) is 9.92. The minimum absolute atomic E-state index is 0.274. The van der Waals surface area contributed by atoms with Crippen LogP contribution in [0.25, 0.3) is 55.0 Å². The van der Waals surface area contributed by atoms with Gasteiger partial charge in [-0.25, -0.2) is 0 Å². The van der Waals surface area contributed by atoms with Crippen molar-refractivity contribution < 1.29 is 10.2 Å². The molecule has 6 nitrogen and oxygen atoms in total. The molecular formula is C44H42N4O2. The van der Waals surface area contributed by atoms with Crippen LogP contribution in [0.4, 0.5) is 0 Å². The van der Waals surface area contributed by atoms with E-state index in [4.69, 9.17) is 0 Å². The monoisotopic (exact) mass is 658 g/mol. The van der Waals surface area contributed by atoms with Gasteiger partial charge in [0, 0.05) is 58.9 Å². The number of aryl methyl sites for hydroxylation is 2. The van der Waals surface area contributed by atoms with Gasteiger partial charge >= 0.3 is 0 Å². The third kappa shape index (κ3) is 5.47. The van der Waals surface area contributed by atoms with Crippen molar-refractivity contribution in [3.8, 4) is 22.9 Å². The molecular weight excluding hydrogens is 617 g/mol. The highest BCUT2D eigenvalue weighted by Gasteiger charge is 2.22. The lowest BCUT2D eigenvalue weighted by Gasteiger charge is -2.26. The first-order valence-electron chi connectivity index (χ1n) is 17.3. The van der Waals surface area contributed by atoms with E-state index in [0.717, 1.165) is 90.3 Å². The van der Waals surface area contributed by atoms with Crippen LogP contribution in [-0.2, 0) is 13.1 Å². The van der Waals surface area contributed by atoms with Gasteiger partial charge < -0.3 is 24.2 Å². The van der Waals surface area contributed by atoms with Crippen molar-refractivity contribution in [2.45, 2.75) is 26.9 Å². The first-order valence-corrected chi connectivity index (χ1v) is 17.3. The van der Waals surface area contributed by atoms with Crippen molar-refractivity contribution in [1.82, 2.24) is 18.9 Å². The second-order valence-electron chi connectivity index (χ2n) is 13.8. The Bertz CT molecular complexity index is 2260. The highest BCUT2D eigenvalue weighted by Crippen LogP contribution is 2.39. The van der Waals surface area contributed by atoms with E-state index in [2.05, 4.69) is 168 Å². The van der Waals surface area contributed by atoms with Gasteiger partial charge in [0.25, 0.3) is 0 Å². The first kappa shape index (κ1) is 31.7. The number of phenols is 2. The Hall–Kier alpha value is -5.56. The predicted octanol–water partition coefficient (Wildman–Crippen LogP) is 9.47. The molecule has 6 heteroatoms. The van der Waals surface area contributed by atoms with Crippen LogP contribution in [-0.4, -0.2) is 56.3 Å². The van der Waals surface area contributed by atoms with Gasteiger partial charge in [-0.3, -0.25) is 4.90 Å². The van der Waals surface area contributed by atoms with Gasteiger partial charge in [-0.05, 0) is 75.5 Å². The molecule has 50 heavy (non-hydrogen) atoms. The molecule has 0 aliphatic carbocycles. The molecule has 8 aromatic rings. The Morgan fingerprint density at radius 2 is 0.820 bits per heavy atom. The minimum Gasteiger partial charge on any atom is -0.505 e. The third-order valence-electron chi connectivity index (χ3n) is 9.92. The zero-order valence-electron chi connectivity index (χ0n) is 29.1. The number of aromatic nitrogens is 2. The summed E-state index contributed by atoms with van der Waals surface area (Å²) in [5.41, 5.74) is 9.67. The molecule has 0 bridgehead atoms. The zero-order chi connectivity index (χ0) is 34.5. The summed E-state index contributed by atoms with van der Waals surface area (Å²) >= 11 is 0. The van der Waals surface area contributed by atoms with E-state index in [1.165, 1.54) is 0 Å². The number of rotatable bonds is 9. The average Bonchev–Trinajstić information content (AvgIpc) is 3.63.